The number of aromatic nitrogens is 3. The van der Waals surface area contributed by atoms with E-state index in [1.165, 1.54) is 31.5 Å². The van der Waals surface area contributed by atoms with E-state index in [4.69, 9.17) is 4.52 Å². The lowest BCUT2D eigenvalue weighted by Crippen LogP contribution is -2.30. The molecular formula is C22H20F3N7O4. The van der Waals surface area contributed by atoms with Crippen LogP contribution < -0.4 is 21.3 Å². The number of urea groups is 1. The molecule has 188 valence electrons. The Morgan fingerprint density at radius 2 is 1.92 bits per heavy atom. The van der Waals surface area contributed by atoms with Crippen molar-refractivity contribution < 1.29 is 32.1 Å². The minimum absolute atomic E-state index is 0.0196. The summed E-state index contributed by atoms with van der Waals surface area (Å²) >= 11 is 0. The Morgan fingerprint density at radius 3 is 2.67 bits per heavy atom. The van der Waals surface area contributed by atoms with Crippen LogP contribution in [0.3, 0.4) is 0 Å². The standard InChI is InChI=1S/C22H20F3N7O4/c1-10-3-4-12(7-14(10)22(23,24)25)29-21(35)30-16-8-15(36-32-16)11(2)28-20(34)18-13-5-6-17(33)31-19(13)27-9-26-18/h3-4,7-9,11H,5-6H2,1-2H3,(H,28,34)(H,26,27,31,33)(H2,29,30,32,35)/t11-/m1/s1. The van der Waals surface area contributed by atoms with Crippen molar-refractivity contribution in [2.45, 2.75) is 38.9 Å². The number of aryl methyl sites for hydroxylation is 1. The van der Waals surface area contributed by atoms with Gasteiger partial charge in [0.25, 0.3) is 5.91 Å². The lowest BCUT2D eigenvalue weighted by atomic mass is 10.0. The zero-order chi connectivity index (χ0) is 26.0. The Kier molecular flexibility index (Phi) is 6.59. The third kappa shape index (κ3) is 5.42. The first-order chi connectivity index (χ1) is 17.0. The molecule has 0 fully saturated rings. The fourth-order valence-electron chi connectivity index (χ4n) is 3.56. The Labute approximate surface area is 201 Å². The van der Waals surface area contributed by atoms with Crippen LogP contribution in [0.4, 0.5) is 35.3 Å². The first kappa shape index (κ1) is 24.6. The van der Waals surface area contributed by atoms with Crippen LogP contribution in [-0.4, -0.2) is 33.0 Å². The fraction of sp³-hybridized carbons (Fsp3) is 0.273. The minimum Gasteiger partial charge on any atom is -0.357 e. The second kappa shape index (κ2) is 9.64. The molecular weight excluding hydrogens is 483 g/mol. The van der Waals surface area contributed by atoms with E-state index < -0.39 is 29.7 Å². The largest absolute Gasteiger partial charge is 0.416 e. The number of nitrogens with zero attached hydrogens (tertiary/aromatic N) is 3. The second-order valence-electron chi connectivity index (χ2n) is 8.01. The van der Waals surface area contributed by atoms with Crippen molar-refractivity contribution in [3.63, 3.8) is 0 Å². The first-order valence-corrected chi connectivity index (χ1v) is 10.7. The monoisotopic (exact) mass is 503 g/mol. The number of carbonyl (C=O) groups excluding carboxylic acids is 3. The molecule has 4 rings (SSSR count). The molecule has 4 N–H and O–H groups in total. The molecule has 1 aliphatic rings. The zero-order valence-electron chi connectivity index (χ0n) is 19.0. The van der Waals surface area contributed by atoms with Gasteiger partial charge in [0.15, 0.2) is 11.6 Å². The fourth-order valence-corrected chi connectivity index (χ4v) is 3.56. The van der Waals surface area contributed by atoms with Gasteiger partial charge >= 0.3 is 12.2 Å². The summed E-state index contributed by atoms with van der Waals surface area (Å²) in [7, 11) is 0. The van der Waals surface area contributed by atoms with Crippen LogP contribution in [0.25, 0.3) is 0 Å². The van der Waals surface area contributed by atoms with Crippen molar-refractivity contribution in [2.24, 2.45) is 0 Å². The molecule has 1 aliphatic heterocycles. The van der Waals surface area contributed by atoms with Crippen LogP contribution in [0, 0.1) is 6.92 Å². The zero-order valence-corrected chi connectivity index (χ0v) is 19.0. The van der Waals surface area contributed by atoms with Crippen LogP contribution in [0.1, 0.15) is 52.3 Å². The van der Waals surface area contributed by atoms with E-state index in [-0.39, 0.29) is 46.7 Å². The number of rotatable bonds is 5. The summed E-state index contributed by atoms with van der Waals surface area (Å²) in [6.45, 7) is 2.93. The van der Waals surface area contributed by atoms with Gasteiger partial charge in [-0.15, -0.1) is 0 Å². The van der Waals surface area contributed by atoms with Gasteiger partial charge in [-0.05, 0) is 38.0 Å². The summed E-state index contributed by atoms with van der Waals surface area (Å²) in [5.74, 6) is -0.263. The third-order valence-electron chi connectivity index (χ3n) is 5.37. The SMILES string of the molecule is Cc1ccc(NC(=O)Nc2cc([C@@H](C)NC(=O)c3ncnc4c3CCC(=O)N4)on2)cc1C(F)(F)F. The van der Waals surface area contributed by atoms with E-state index in [9.17, 15) is 27.6 Å². The number of nitrogens with one attached hydrogen (secondary N) is 4. The lowest BCUT2D eigenvalue weighted by molar-refractivity contribution is -0.138. The molecule has 1 atom stereocenters. The van der Waals surface area contributed by atoms with Gasteiger partial charge in [-0.3, -0.25) is 14.9 Å². The van der Waals surface area contributed by atoms with Crippen molar-refractivity contribution >= 4 is 35.2 Å². The number of halogens is 3. The van der Waals surface area contributed by atoms with Crippen LogP contribution in [0.5, 0.6) is 0 Å². The van der Waals surface area contributed by atoms with Gasteiger partial charge in [-0.1, -0.05) is 11.2 Å². The predicted molar refractivity (Wildman–Crippen MR) is 120 cm³/mol. The van der Waals surface area contributed by atoms with E-state index >= 15 is 0 Å². The average Bonchev–Trinajstić information content (AvgIpc) is 3.27. The normalized spacial score (nSPS) is 13.9. The second-order valence-corrected chi connectivity index (χ2v) is 8.01. The van der Waals surface area contributed by atoms with Gasteiger partial charge in [0.1, 0.15) is 17.8 Å². The van der Waals surface area contributed by atoms with E-state index in [0.29, 0.717) is 12.0 Å². The highest BCUT2D eigenvalue weighted by Crippen LogP contribution is 2.33. The molecule has 2 aromatic heterocycles. The maximum atomic E-state index is 13.1. The topological polar surface area (TPSA) is 151 Å². The molecule has 14 heteroatoms. The lowest BCUT2D eigenvalue weighted by Gasteiger charge is -2.18. The number of fused-ring (bicyclic) bond motifs is 1. The summed E-state index contributed by atoms with van der Waals surface area (Å²) in [4.78, 5) is 44.5. The molecule has 0 bridgehead atoms. The first-order valence-electron chi connectivity index (χ1n) is 10.7. The Balaban J connectivity index is 1.38. The van der Waals surface area contributed by atoms with Crippen LogP contribution in [-0.2, 0) is 17.4 Å². The minimum atomic E-state index is -4.56. The highest BCUT2D eigenvalue weighted by molar-refractivity contribution is 6.00. The maximum absolute atomic E-state index is 13.1. The Morgan fingerprint density at radius 1 is 1.14 bits per heavy atom. The highest BCUT2D eigenvalue weighted by Gasteiger charge is 2.32. The van der Waals surface area contributed by atoms with Crippen molar-refractivity contribution in [1.29, 1.82) is 0 Å². The molecule has 3 heterocycles. The van der Waals surface area contributed by atoms with Crippen LogP contribution >= 0.6 is 0 Å². The van der Waals surface area contributed by atoms with E-state index in [2.05, 4.69) is 36.4 Å². The third-order valence-corrected chi connectivity index (χ3v) is 5.37. The number of benzene rings is 1. The molecule has 0 saturated heterocycles. The van der Waals surface area contributed by atoms with Crippen molar-refractivity contribution in [2.75, 3.05) is 16.0 Å². The van der Waals surface area contributed by atoms with E-state index in [0.717, 1.165) is 6.07 Å². The van der Waals surface area contributed by atoms with Gasteiger partial charge in [0.2, 0.25) is 5.91 Å². The summed E-state index contributed by atoms with van der Waals surface area (Å²) in [6.07, 6.45) is -2.87. The molecule has 36 heavy (non-hydrogen) atoms. The van der Waals surface area contributed by atoms with Gasteiger partial charge in [0.05, 0.1) is 11.6 Å². The maximum Gasteiger partial charge on any atom is 0.416 e. The number of amides is 4. The summed E-state index contributed by atoms with van der Waals surface area (Å²) < 4.78 is 44.4. The van der Waals surface area contributed by atoms with E-state index in [1.807, 2.05) is 0 Å². The molecule has 4 amide bonds. The molecule has 0 aliphatic carbocycles. The number of anilines is 3. The average molecular weight is 503 g/mol. The molecule has 11 nitrogen and oxygen atoms in total. The molecule has 3 aromatic rings. The summed E-state index contributed by atoms with van der Waals surface area (Å²) in [5, 5.41) is 13.7. The summed E-state index contributed by atoms with van der Waals surface area (Å²) in [5.41, 5.74) is -0.262. The molecule has 0 saturated carbocycles. The van der Waals surface area contributed by atoms with Crippen molar-refractivity contribution in [3.8, 4) is 0 Å². The van der Waals surface area contributed by atoms with E-state index in [1.54, 1.807) is 6.92 Å². The predicted octanol–water partition coefficient (Wildman–Crippen LogP) is 3.81. The Hall–Kier alpha value is -4.49. The number of carbonyl (C=O) groups is 3. The highest BCUT2D eigenvalue weighted by atomic mass is 19.4. The summed E-state index contributed by atoms with van der Waals surface area (Å²) in [6, 6.07) is 3.26. The van der Waals surface area contributed by atoms with Crippen LogP contribution in [0.2, 0.25) is 0 Å². The quantitative estimate of drug-likeness (QED) is 0.413. The molecule has 0 spiro atoms. The van der Waals surface area contributed by atoms with Crippen molar-refractivity contribution in [3.05, 3.63) is 58.7 Å². The number of hydrogen-bond acceptors (Lipinski definition) is 7. The molecule has 0 unspecified atom stereocenters. The Bertz CT molecular complexity index is 1340. The van der Waals surface area contributed by atoms with Crippen molar-refractivity contribution in [1.82, 2.24) is 20.4 Å². The van der Waals surface area contributed by atoms with Gasteiger partial charge in [-0.2, -0.15) is 13.2 Å². The van der Waals surface area contributed by atoms with Crippen LogP contribution in [0.15, 0.2) is 35.1 Å². The van der Waals surface area contributed by atoms with Gasteiger partial charge in [0, 0.05) is 23.7 Å². The smallest absolute Gasteiger partial charge is 0.357 e. The number of alkyl halides is 3. The molecule has 1 aromatic carbocycles. The van der Waals surface area contributed by atoms with Gasteiger partial charge < -0.3 is 20.5 Å². The van der Waals surface area contributed by atoms with Gasteiger partial charge in [-0.25, -0.2) is 14.8 Å². The molecule has 0 radical (unpaired) electrons. The number of hydrogen-bond donors (Lipinski definition) is 4.